The maximum absolute atomic E-state index is 12.5. The van der Waals surface area contributed by atoms with Gasteiger partial charge in [-0.2, -0.15) is 0 Å². The van der Waals surface area contributed by atoms with E-state index in [9.17, 15) is 22.8 Å². The monoisotopic (exact) mass is 422 g/mol. The minimum Gasteiger partial charge on any atom is -0.496 e. The molecule has 148 valence electrons. The Morgan fingerprint density at radius 2 is 2.11 bits per heavy atom. The highest BCUT2D eigenvalue weighted by Crippen LogP contribution is 2.33. The van der Waals surface area contributed by atoms with Crippen molar-refractivity contribution >= 4 is 44.7 Å². The predicted octanol–water partition coefficient (Wildman–Crippen LogP) is 1.55. The Kier molecular flexibility index (Phi) is 5.90. The Balaban J connectivity index is 1.60. The molecule has 1 N–H and O–H groups in total. The van der Waals surface area contributed by atoms with E-state index in [1.165, 1.54) is 13.2 Å². The van der Waals surface area contributed by atoms with Crippen LogP contribution < -0.4 is 10.1 Å². The fraction of sp³-hybridized carbons (Fsp3) is 0.278. The lowest BCUT2D eigenvalue weighted by atomic mass is 10.2. The Morgan fingerprint density at radius 3 is 2.79 bits per heavy atom. The summed E-state index contributed by atoms with van der Waals surface area (Å²) in [6, 6.07) is 6.52. The summed E-state index contributed by atoms with van der Waals surface area (Å²) in [5.41, 5.74) is 0.669. The second-order valence-electron chi connectivity index (χ2n) is 6.16. The third-order valence-electron chi connectivity index (χ3n) is 4.14. The van der Waals surface area contributed by atoms with E-state index >= 15 is 0 Å². The van der Waals surface area contributed by atoms with Gasteiger partial charge < -0.3 is 10.1 Å². The van der Waals surface area contributed by atoms with Crippen LogP contribution in [0.3, 0.4) is 0 Å². The maximum Gasteiger partial charge on any atom is 0.293 e. The Labute approximate surface area is 166 Å². The normalized spacial score (nSPS) is 22.1. The van der Waals surface area contributed by atoms with E-state index in [0.717, 1.165) is 22.1 Å². The number of hydrogen-bond acceptors (Lipinski definition) is 7. The highest BCUT2D eigenvalue weighted by molar-refractivity contribution is 8.18. The zero-order valence-electron chi connectivity index (χ0n) is 15.0. The number of amides is 3. The van der Waals surface area contributed by atoms with Crippen LogP contribution in [0.4, 0.5) is 4.79 Å². The van der Waals surface area contributed by atoms with Gasteiger partial charge in [0, 0.05) is 23.9 Å². The minimum atomic E-state index is -3.27. The van der Waals surface area contributed by atoms with E-state index in [2.05, 4.69) is 5.32 Å². The van der Waals surface area contributed by atoms with Crippen molar-refractivity contribution in [2.45, 2.75) is 12.5 Å². The van der Waals surface area contributed by atoms with Crippen LogP contribution in [0.2, 0.25) is 0 Å². The molecule has 3 rings (SSSR count). The summed E-state index contributed by atoms with van der Waals surface area (Å²) >= 11 is 0.801. The van der Waals surface area contributed by atoms with Crippen LogP contribution in [-0.4, -0.2) is 55.8 Å². The van der Waals surface area contributed by atoms with Crippen molar-refractivity contribution in [3.8, 4) is 5.75 Å². The number of ether oxygens (including phenoxy) is 1. The largest absolute Gasteiger partial charge is 0.496 e. The number of sulfone groups is 1. The second-order valence-corrected chi connectivity index (χ2v) is 9.08. The van der Waals surface area contributed by atoms with E-state index in [0.29, 0.717) is 11.3 Å². The van der Waals surface area contributed by atoms with E-state index in [1.807, 2.05) is 0 Å². The van der Waals surface area contributed by atoms with Gasteiger partial charge in [0.15, 0.2) is 9.84 Å². The van der Waals surface area contributed by atoms with Crippen LogP contribution >= 0.6 is 11.8 Å². The van der Waals surface area contributed by atoms with Gasteiger partial charge in [-0.3, -0.25) is 19.3 Å². The van der Waals surface area contributed by atoms with Crippen molar-refractivity contribution in [3.05, 3.63) is 46.2 Å². The van der Waals surface area contributed by atoms with Crippen LogP contribution in [0.5, 0.6) is 5.75 Å². The number of carbonyl (C=O) groups excluding carboxylic acids is 3. The summed E-state index contributed by atoms with van der Waals surface area (Å²) in [6.45, 7) is -0.0804. The first-order valence-corrected chi connectivity index (χ1v) is 10.9. The number of methoxy groups -OCH3 is 1. The molecule has 0 aromatic heterocycles. The number of nitrogens with one attached hydrogen (secondary N) is 1. The number of thioether (sulfide) groups is 1. The molecule has 2 heterocycles. The van der Waals surface area contributed by atoms with E-state index in [1.54, 1.807) is 30.3 Å². The lowest BCUT2D eigenvalue weighted by molar-refractivity contribution is -0.124. The number of imide groups is 1. The molecular formula is C18H18N2O6S2. The van der Waals surface area contributed by atoms with Crippen LogP contribution in [0.15, 0.2) is 40.7 Å². The van der Waals surface area contributed by atoms with Crippen molar-refractivity contribution in [2.75, 3.05) is 19.4 Å². The van der Waals surface area contributed by atoms with E-state index in [-0.39, 0.29) is 23.6 Å². The van der Waals surface area contributed by atoms with Crippen molar-refractivity contribution < 1.29 is 27.5 Å². The van der Waals surface area contributed by atoms with Gasteiger partial charge in [-0.15, -0.1) is 0 Å². The Hall–Kier alpha value is -2.59. The van der Waals surface area contributed by atoms with Crippen LogP contribution in [0, 0.1) is 0 Å². The van der Waals surface area contributed by atoms with Crippen molar-refractivity contribution in [3.63, 3.8) is 0 Å². The molecule has 10 heteroatoms. The third kappa shape index (κ3) is 4.63. The van der Waals surface area contributed by atoms with Crippen LogP contribution in [0.1, 0.15) is 12.0 Å². The first-order chi connectivity index (χ1) is 13.3. The summed E-state index contributed by atoms with van der Waals surface area (Å²) in [4.78, 5) is 37.9. The lowest BCUT2D eigenvalue weighted by Gasteiger charge is -2.14. The molecule has 1 atom stereocenters. The summed E-state index contributed by atoms with van der Waals surface area (Å²) in [5, 5.41) is 3.17. The number of nitrogens with zero attached hydrogens (tertiary/aromatic N) is 1. The number of carbonyl (C=O) groups is 3. The summed E-state index contributed by atoms with van der Waals surface area (Å²) in [6.07, 6.45) is 2.88. The second kappa shape index (κ2) is 8.19. The molecule has 0 spiro atoms. The average Bonchev–Trinajstić information content (AvgIpc) is 3.12. The highest BCUT2D eigenvalue weighted by Gasteiger charge is 2.35. The fourth-order valence-electron chi connectivity index (χ4n) is 2.78. The molecule has 8 nitrogen and oxygen atoms in total. The zero-order chi connectivity index (χ0) is 20.3. The number of para-hydroxylation sites is 1. The molecule has 1 aromatic rings. The molecule has 0 aliphatic carbocycles. The third-order valence-corrected chi connectivity index (χ3v) is 6.44. The lowest BCUT2D eigenvalue weighted by Crippen LogP contribution is -2.38. The molecule has 2 aliphatic heterocycles. The van der Waals surface area contributed by atoms with Gasteiger partial charge in [-0.05, 0) is 30.0 Å². The Bertz CT molecular complexity index is 984. The zero-order valence-corrected chi connectivity index (χ0v) is 16.6. The van der Waals surface area contributed by atoms with Crippen molar-refractivity contribution in [2.24, 2.45) is 0 Å². The minimum absolute atomic E-state index is 0.0804. The van der Waals surface area contributed by atoms with Gasteiger partial charge >= 0.3 is 0 Å². The topological polar surface area (TPSA) is 110 Å². The molecule has 1 fully saturated rings. The first-order valence-electron chi connectivity index (χ1n) is 8.38. The van der Waals surface area contributed by atoms with Gasteiger partial charge in [-0.25, -0.2) is 8.42 Å². The SMILES string of the molecule is COc1ccccc1C=C1SC(=O)N(CCC(=O)NC2C=CS(=O)(=O)C2)C1=O. The molecule has 1 unspecified atom stereocenters. The molecule has 2 aliphatic rings. The van der Waals surface area contributed by atoms with Crippen molar-refractivity contribution in [1.82, 2.24) is 10.2 Å². The van der Waals surface area contributed by atoms with Crippen molar-refractivity contribution in [1.29, 1.82) is 0 Å². The maximum atomic E-state index is 12.5. The Morgan fingerprint density at radius 1 is 1.36 bits per heavy atom. The predicted molar refractivity (Wildman–Crippen MR) is 105 cm³/mol. The fourth-order valence-corrected chi connectivity index (χ4v) is 4.87. The van der Waals surface area contributed by atoms with Crippen LogP contribution in [0.25, 0.3) is 6.08 Å². The highest BCUT2D eigenvalue weighted by atomic mass is 32.2. The molecule has 0 bridgehead atoms. The summed E-state index contributed by atoms with van der Waals surface area (Å²) < 4.78 is 27.9. The standard InChI is InChI=1S/C18H18N2O6S2/c1-26-14-5-3-2-4-12(14)10-15-17(22)20(18(23)27-15)8-6-16(21)19-13-7-9-28(24,25)11-13/h2-5,7,9-10,13H,6,8,11H2,1H3,(H,19,21). The van der Waals surface area contributed by atoms with E-state index < -0.39 is 32.9 Å². The number of benzene rings is 1. The molecular weight excluding hydrogens is 404 g/mol. The molecule has 0 saturated carbocycles. The first kappa shape index (κ1) is 20.2. The van der Waals surface area contributed by atoms with Gasteiger partial charge in [0.2, 0.25) is 5.91 Å². The smallest absolute Gasteiger partial charge is 0.293 e. The number of hydrogen-bond donors (Lipinski definition) is 1. The molecule has 3 amide bonds. The van der Waals surface area contributed by atoms with Gasteiger partial charge in [0.1, 0.15) is 5.75 Å². The molecule has 1 aromatic carbocycles. The average molecular weight is 422 g/mol. The summed E-state index contributed by atoms with van der Waals surface area (Å²) in [7, 11) is -1.75. The van der Waals surface area contributed by atoms with Gasteiger partial charge in [0.05, 0.1) is 23.8 Å². The number of rotatable bonds is 6. The molecule has 28 heavy (non-hydrogen) atoms. The summed E-state index contributed by atoms with van der Waals surface area (Å²) in [5.74, 6) is -0.507. The molecule has 1 saturated heterocycles. The van der Waals surface area contributed by atoms with Gasteiger partial charge in [-0.1, -0.05) is 18.2 Å². The quantitative estimate of drug-likeness (QED) is 0.693. The van der Waals surface area contributed by atoms with Crippen LogP contribution in [-0.2, 0) is 19.4 Å². The van der Waals surface area contributed by atoms with E-state index in [4.69, 9.17) is 4.74 Å². The van der Waals surface area contributed by atoms with Gasteiger partial charge in [0.25, 0.3) is 11.1 Å². The molecule has 0 radical (unpaired) electrons.